The topological polar surface area (TPSA) is 96.0 Å². The Kier molecular flexibility index (Phi) is 10.2. The number of carbonyl (C=O) groups is 2. The van der Waals surface area contributed by atoms with Crippen LogP contribution in [0.15, 0.2) is 72.8 Å². The van der Waals surface area contributed by atoms with Gasteiger partial charge < -0.3 is 15.0 Å². The van der Waals surface area contributed by atoms with Crippen LogP contribution in [0, 0.1) is 0 Å². The van der Waals surface area contributed by atoms with E-state index in [-0.39, 0.29) is 18.5 Å². The number of hydrogen-bond donors (Lipinski definition) is 1. The number of nitrogens with one attached hydrogen (secondary N) is 1. The van der Waals surface area contributed by atoms with Crippen molar-refractivity contribution >= 4 is 50.7 Å². The lowest BCUT2D eigenvalue weighted by Gasteiger charge is -2.32. The van der Waals surface area contributed by atoms with Gasteiger partial charge in [-0.25, -0.2) is 8.42 Å². The number of rotatable bonds is 11. The second kappa shape index (κ2) is 13.6. The molecular formula is C30H33Cl2N3O5S. The Morgan fingerprint density at radius 3 is 2.20 bits per heavy atom. The van der Waals surface area contributed by atoms with Crippen LogP contribution in [0.25, 0.3) is 0 Å². The summed E-state index contributed by atoms with van der Waals surface area (Å²) in [5.74, 6) is 0.315. The monoisotopic (exact) mass is 617 g/mol. The molecule has 1 fully saturated rings. The molecule has 0 heterocycles. The van der Waals surface area contributed by atoms with E-state index in [1.165, 1.54) is 4.90 Å². The Morgan fingerprint density at radius 1 is 0.951 bits per heavy atom. The molecule has 0 saturated heterocycles. The Bertz CT molecular complexity index is 1460. The summed E-state index contributed by atoms with van der Waals surface area (Å²) in [5, 5.41) is 3.72. The molecule has 2 amide bonds. The van der Waals surface area contributed by atoms with Crippen molar-refractivity contribution in [2.45, 2.75) is 51.2 Å². The third-order valence-corrected chi connectivity index (χ3v) is 8.87. The SMILES string of the molecule is CC(C(=O)NC1CCCC1)N(Cc1ccc(Cl)c(Cl)c1)C(=O)CN(c1ccc(Oc2ccccc2)cc1)S(C)(=O)=O. The van der Waals surface area contributed by atoms with Gasteiger partial charge in [-0.2, -0.15) is 0 Å². The first-order valence-electron chi connectivity index (χ1n) is 13.4. The van der Waals surface area contributed by atoms with Crippen LogP contribution >= 0.6 is 23.2 Å². The van der Waals surface area contributed by atoms with E-state index in [2.05, 4.69) is 5.32 Å². The van der Waals surface area contributed by atoms with E-state index < -0.39 is 28.5 Å². The molecule has 0 spiro atoms. The lowest BCUT2D eigenvalue weighted by molar-refractivity contribution is -0.139. The number of nitrogens with zero attached hydrogens (tertiary/aromatic N) is 2. The molecule has 0 radical (unpaired) electrons. The number of carbonyl (C=O) groups excluding carboxylic acids is 2. The largest absolute Gasteiger partial charge is 0.457 e. The highest BCUT2D eigenvalue weighted by atomic mass is 35.5. The fourth-order valence-electron chi connectivity index (χ4n) is 4.73. The van der Waals surface area contributed by atoms with E-state index in [1.807, 2.05) is 30.3 Å². The molecule has 1 atom stereocenters. The summed E-state index contributed by atoms with van der Waals surface area (Å²) in [6.07, 6.45) is 4.91. The van der Waals surface area contributed by atoms with Crippen molar-refractivity contribution in [1.82, 2.24) is 10.2 Å². The number of hydrogen-bond acceptors (Lipinski definition) is 5. The summed E-state index contributed by atoms with van der Waals surface area (Å²) in [4.78, 5) is 28.3. The van der Waals surface area contributed by atoms with Crippen LogP contribution in [0.4, 0.5) is 5.69 Å². The smallest absolute Gasteiger partial charge is 0.244 e. The van der Waals surface area contributed by atoms with Crippen molar-refractivity contribution in [2.24, 2.45) is 0 Å². The molecule has 1 aliphatic carbocycles. The maximum atomic E-state index is 13.8. The van der Waals surface area contributed by atoms with Gasteiger partial charge in [0.05, 0.1) is 22.0 Å². The molecule has 218 valence electrons. The van der Waals surface area contributed by atoms with Gasteiger partial charge in [-0.1, -0.05) is 60.3 Å². The van der Waals surface area contributed by atoms with Gasteiger partial charge in [0, 0.05) is 12.6 Å². The van der Waals surface area contributed by atoms with E-state index >= 15 is 0 Å². The molecule has 3 aromatic carbocycles. The fraction of sp³-hybridized carbons (Fsp3) is 0.333. The van der Waals surface area contributed by atoms with E-state index in [1.54, 1.807) is 49.4 Å². The van der Waals surface area contributed by atoms with Crippen LogP contribution in [0.2, 0.25) is 10.0 Å². The molecule has 4 rings (SSSR count). The average Bonchev–Trinajstić information content (AvgIpc) is 3.45. The Hall–Kier alpha value is -3.27. The van der Waals surface area contributed by atoms with Crippen LogP contribution < -0.4 is 14.4 Å². The molecule has 3 aromatic rings. The number of amides is 2. The van der Waals surface area contributed by atoms with Crippen molar-refractivity contribution in [3.63, 3.8) is 0 Å². The molecule has 11 heteroatoms. The normalized spacial score (nSPS) is 14.3. The number of benzene rings is 3. The summed E-state index contributed by atoms with van der Waals surface area (Å²) >= 11 is 12.3. The van der Waals surface area contributed by atoms with E-state index in [9.17, 15) is 18.0 Å². The highest BCUT2D eigenvalue weighted by Crippen LogP contribution is 2.27. The lowest BCUT2D eigenvalue weighted by Crippen LogP contribution is -2.52. The molecule has 0 aliphatic heterocycles. The van der Waals surface area contributed by atoms with Gasteiger partial charge in [0.2, 0.25) is 21.8 Å². The van der Waals surface area contributed by atoms with Gasteiger partial charge in [-0.15, -0.1) is 0 Å². The third kappa shape index (κ3) is 8.38. The second-order valence-corrected chi connectivity index (χ2v) is 12.8. The van der Waals surface area contributed by atoms with Gasteiger partial charge in [0.1, 0.15) is 24.1 Å². The van der Waals surface area contributed by atoms with Gasteiger partial charge in [0.15, 0.2) is 0 Å². The van der Waals surface area contributed by atoms with E-state index in [4.69, 9.17) is 27.9 Å². The zero-order chi connectivity index (χ0) is 29.6. The Balaban J connectivity index is 1.57. The molecule has 41 heavy (non-hydrogen) atoms. The van der Waals surface area contributed by atoms with Gasteiger partial charge in [-0.3, -0.25) is 13.9 Å². The second-order valence-electron chi connectivity index (χ2n) is 10.1. The summed E-state index contributed by atoms with van der Waals surface area (Å²) in [5.41, 5.74) is 0.945. The third-order valence-electron chi connectivity index (χ3n) is 6.99. The van der Waals surface area contributed by atoms with Gasteiger partial charge in [-0.05, 0) is 73.9 Å². The van der Waals surface area contributed by atoms with Gasteiger partial charge in [0.25, 0.3) is 0 Å². The minimum Gasteiger partial charge on any atom is -0.457 e. The fourth-order valence-corrected chi connectivity index (χ4v) is 5.90. The first-order valence-corrected chi connectivity index (χ1v) is 16.0. The van der Waals surface area contributed by atoms with Crippen LogP contribution in [0.3, 0.4) is 0 Å². The lowest BCUT2D eigenvalue weighted by atomic mass is 10.1. The van der Waals surface area contributed by atoms with Crippen LogP contribution in [-0.2, 0) is 26.2 Å². The minimum absolute atomic E-state index is 0.0381. The minimum atomic E-state index is -3.86. The molecule has 1 N–H and O–H groups in total. The predicted molar refractivity (Wildman–Crippen MR) is 162 cm³/mol. The van der Waals surface area contributed by atoms with Crippen molar-refractivity contribution in [1.29, 1.82) is 0 Å². The maximum absolute atomic E-state index is 13.8. The Morgan fingerprint density at radius 2 is 1.59 bits per heavy atom. The summed E-state index contributed by atoms with van der Waals surface area (Å²) in [6, 6.07) is 19.8. The summed E-state index contributed by atoms with van der Waals surface area (Å²) < 4.78 is 32.5. The Labute approximate surface area is 251 Å². The molecule has 1 saturated carbocycles. The first-order chi connectivity index (χ1) is 19.5. The van der Waals surface area contributed by atoms with Crippen LogP contribution in [0.1, 0.15) is 38.2 Å². The molecule has 8 nitrogen and oxygen atoms in total. The number of para-hydroxylation sites is 1. The number of ether oxygens (including phenoxy) is 1. The maximum Gasteiger partial charge on any atom is 0.244 e. The molecular weight excluding hydrogens is 585 g/mol. The van der Waals surface area contributed by atoms with Crippen molar-refractivity contribution in [2.75, 3.05) is 17.1 Å². The van der Waals surface area contributed by atoms with E-state index in [0.717, 1.165) is 36.2 Å². The quantitative estimate of drug-likeness (QED) is 0.283. The zero-order valence-corrected chi connectivity index (χ0v) is 25.3. The van der Waals surface area contributed by atoms with Crippen LogP contribution in [0.5, 0.6) is 11.5 Å². The highest BCUT2D eigenvalue weighted by molar-refractivity contribution is 7.92. The number of sulfonamides is 1. The number of halogens is 2. The van der Waals surface area contributed by atoms with E-state index in [0.29, 0.717) is 32.8 Å². The summed E-state index contributed by atoms with van der Waals surface area (Å²) in [7, 11) is -3.86. The number of anilines is 1. The molecule has 1 aliphatic rings. The predicted octanol–water partition coefficient (Wildman–Crippen LogP) is 6.03. The standard InChI is InChI=1S/C30H33Cl2N3O5S/c1-21(30(37)33-23-8-6-7-9-23)34(19-22-12-17-27(31)28(32)18-22)29(36)20-35(41(2,38)39)24-13-15-26(16-14-24)40-25-10-4-3-5-11-25/h3-5,10-18,21,23H,6-9,19-20H2,1-2H3,(H,33,37). The van der Waals surface area contributed by atoms with Crippen LogP contribution in [-0.4, -0.2) is 50.0 Å². The van der Waals surface area contributed by atoms with Crippen molar-refractivity contribution in [3.8, 4) is 11.5 Å². The summed E-state index contributed by atoms with van der Waals surface area (Å²) in [6.45, 7) is 1.18. The molecule has 0 bridgehead atoms. The molecule has 0 aromatic heterocycles. The van der Waals surface area contributed by atoms with Crippen molar-refractivity contribution < 1.29 is 22.7 Å². The van der Waals surface area contributed by atoms with Crippen molar-refractivity contribution in [3.05, 3.63) is 88.4 Å². The van der Waals surface area contributed by atoms with Gasteiger partial charge >= 0.3 is 0 Å². The zero-order valence-electron chi connectivity index (χ0n) is 22.9. The first kappa shape index (κ1) is 30.7. The average molecular weight is 619 g/mol. The highest BCUT2D eigenvalue weighted by Gasteiger charge is 2.31. The molecule has 1 unspecified atom stereocenters.